The van der Waals surface area contributed by atoms with E-state index in [-0.39, 0.29) is 10.6 Å². The number of nitrogens with zero attached hydrogens (tertiary/aromatic N) is 1. The molecule has 1 N–H and O–H groups in total. The molecule has 0 spiro atoms. The number of nitrogens with one attached hydrogen (secondary N) is 1. The summed E-state index contributed by atoms with van der Waals surface area (Å²) in [6, 6.07) is 22.2. The third-order valence-electron chi connectivity index (χ3n) is 6.05. The minimum absolute atomic E-state index is 0.0942. The molecule has 0 aliphatic heterocycles. The zero-order valence-corrected chi connectivity index (χ0v) is 20.5. The van der Waals surface area contributed by atoms with Crippen molar-refractivity contribution >= 4 is 37.4 Å². The second-order valence-corrected chi connectivity index (χ2v) is 9.92. The number of pyridine rings is 1. The standard InChI is InChI=1S/C28H23FN2O4S/c1-34-26-16-22-20(12-13-30-25(22)17-27(26)35-2)14-18-10-11-24(23(29)15-18)31-36(32,33)28-9-5-7-19-6-3-4-8-21(19)28/h3-13,15-17,31H,14H2,1-2H3. The quantitative estimate of drug-likeness (QED) is 0.298. The van der Waals surface area contributed by atoms with E-state index in [9.17, 15) is 8.42 Å². The lowest BCUT2D eigenvalue weighted by Gasteiger charge is -2.13. The van der Waals surface area contributed by atoms with Gasteiger partial charge in [-0.3, -0.25) is 9.71 Å². The summed E-state index contributed by atoms with van der Waals surface area (Å²) in [7, 11) is -0.877. The van der Waals surface area contributed by atoms with Gasteiger partial charge in [-0.1, -0.05) is 42.5 Å². The molecule has 4 aromatic carbocycles. The molecule has 0 aliphatic carbocycles. The fraction of sp³-hybridized carbons (Fsp3) is 0.107. The molecule has 5 aromatic rings. The van der Waals surface area contributed by atoms with Gasteiger partial charge in [0, 0.05) is 23.0 Å². The second-order valence-electron chi connectivity index (χ2n) is 8.27. The van der Waals surface area contributed by atoms with E-state index in [1.807, 2.05) is 30.3 Å². The van der Waals surface area contributed by atoms with Crippen LogP contribution in [0, 0.1) is 5.82 Å². The SMILES string of the molecule is COc1cc2nccc(Cc3ccc(NS(=O)(=O)c4cccc5ccccc45)c(F)c3)c2cc1OC. The highest BCUT2D eigenvalue weighted by atomic mass is 32.2. The molecule has 0 aliphatic rings. The Labute approximate surface area is 208 Å². The number of anilines is 1. The Hall–Kier alpha value is -4.17. The van der Waals surface area contributed by atoms with E-state index in [1.165, 1.54) is 18.2 Å². The molecule has 182 valence electrons. The van der Waals surface area contributed by atoms with Crippen molar-refractivity contribution in [2.45, 2.75) is 11.3 Å². The smallest absolute Gasteiger partial charge is 0.262 e. The summed E-state index contributed by atoms with van der Waals surface area (Å²) in [5, 5.41) is 2.22. The first kappa shape index (κ1) is 23.6. The molecule has 8 heteroatoms. The summed E-state index contributed by atoms with van der Waals surface area (Å²) in [4.78, 5) is 4.50. The maximum atomic E-state index is 15.1. The van der Waals surface area contributed by atoms with Gasteiger partial charge in [0.05, 0.1) is 30.3 Å². The topological polar surface area (TPSA) is 77.5 Å². The van der Waals surface area contributed by atoms with Crippen LogP contribution in [0.1, 0.15) is 11.1 Å². The normalized spacial score (nSPS) is 11.5. The number of sulfonamides is 1. The number of aromatic nitrogens is 1. The molecule has 0 unspecified atom stereocenters. The number of methoxy groups -OCH3 is 2. The number of hydrogen-bond acceptors (Lipinski definition) is 5. The van der Waals surface area contributed by atoms with Gasteiger partial charge in [-0.2, -0.15) is 0 Å². The van der Waals surface area contributed by atoms with Crippen LogP contribution in [-0.4, -0.2) is 27.6 Å². The van der Waals surface area contributed by atoms with Crippen LogP contribution in [0.15, 0.2) is 90.0 Å². The first-order valence-electron chi connectivity index (χ1n) is 11.2. The fourth-order valence-electron chi connectivity index (χ4n) is 4.28. The average molecular weight is 503 g/mol. The molecule has 0 fully saturated rings. The molecule has 5 rings (SSSR count). The number of benzene rings is 4. The highest BCUT2D eigenvalue weighted by Crippen LogP contribution is 2.33. The molecular weight excluding hydrogens is 479 g/mol. The van der Waals surface area contributed by atoms with Crippen molar-refractivity contribution in [2.75, 3.05) is 18.9 Å². The van der Waals surface area contributed by atoms with E-state index in [1.54, 1.807) is 50.7 Å². The van der Waals surface area contributed by atoms with Crippen LogP contribution in [0.25, 0.3) is 21.7 Å². The van der Waals surface area contributed by atoms with Gasteiger partial charge in [-0.15, -0.1) is 0 Å². The lowest BCUT2D eigenvalue weighted by Crippen LogP contribution is -2.14. The highest BCUT2D eigenvalue weighted by molar-refractivity contribution is 7.93. The molecule has 0 saturated carbocycles. The van der Waals surface area contributed by atoms with Gasteiger partial charge in [0.15, 0.2) is 11.5 Å². The molecular formula is C28H23FN2O4S. The van der Waals surface area contributed by atoms with E-state index < -0.39 is 15.8 Å². The molecule has 1 heterocycles. The summed E-state index contributed by atoms with van der Waals surface area (Å²) in [5.74, 6) is 0.487. The van der Waals surface area contributed by atoms with Crippen molar-refractivity contribution in [3.63, 3.8) is 0 Å². The van der Waals surface area contributed by atoms with E-state index in [0.717, 1.165) is 21.9 Å². The third kappa shape index (κ3) is 4.43. The Morgan fingerprint density at radius 3 is 2.39 bits per heavy atom. The number of fused-ring (bicyclic) bond motifs is 2. The molecule has 0 atom stereocenters. The molecule has 0 bridgehead atoms. The number of rotatable bonds is 7. The van der Waals surface area contributed by atoms with Crippen LogP contribution >= 0.6 is 0 Å². The molecule has 0 amide bonds. The van der Waals surface area contributed by atoms with Gasteiger partial charge in [-0.25, -0.2) is 12.8 Å². The van der Waals surface area contributed by atoms with E-state index in [2.05, 4.69) is 9.71 Å². The van der Waals surface area contributed by atoms with Crippen molar-refractivity contribution in [3.8, 4) is 11.5 Å². The Kier molecular flexibility index (Phi) is 6.20. The summed E-state index contributed by atoms with van der Waals surface area (Å²) >= 11 is 0. The van der Waals surface area contributed by atoms with Crippen LogP contribution < -0.4 is 14.2 Å². The molecule has 1 aromatic heterocycles. The zero-order valence-electron chi connectivity index (χ0n) is 19.7. The van der Waals surface area contributed by atoms with Crippen LogP contribution in [0.2, 0.25) is 0 Å². The van der Waals surface area contributed by atoms with Crippen molar-refractivity contribution in [2.24, 2.45) is 0 Å². The maximum Gasteiger partial charge on any atom is 0.262 e. The van der Waals surface area contributed by atoms with Crippen LogP contribution in [0.5, 0.6) is 11.5 Å². The third-order valence-corrected chi connectivity index (χ3v) is 7.47. The Balaban J connectivity index is 1.44. The highest BCUT2D eigenvalue weighted by Gasteiger charge is 2.19. The van der Waals surface area contributed by atoms with Crippen molar-refractivity contribution in [1.29, 1.82) is 0 Å². The first-order valence-corrected chi connectivity index (χ1v) is 12.7. The van der Waals surface area contributed by atoms with E-state index >= 15 is 4.39 Å². The minimum atomic E-state index is -4.00. The lowest BCUT2D eigenvalue weighted by atomic mass is 10.0. The van der Waals surface area contributed by atoms with Crippen LogP contribution in [0.4, 0.5) is 10.1 Å². The van der Waals surface area contributed by atoms with Crippen molar-refractivity contribution in [1.82, 2.24) is 4.98 Å². The largest absolute Gasteiger partial charge is 0.493 e. The van der Waals surface area contributed by atoms with Gasteiger partial charge in [0.1, 0.15) is 5.82 Å². The monoisotopic (exact) mass is 502 g/mol. The Morgan fingerprint density at radius 1 is 0.861 bits per heavy atom. The van der Waals surface area contributed by atoms with E-state index in [0.29, 0.717) is 28.9 Å². The fourth-order valence-corrected chi connectivity index (χ4v) is 5.58. The first-order chi connectivity index (χ1) is 17.4. The molecule has 0 saturated heterocycles. The molecule has 36 heavy (non-hydrogen) atoms. The summed E-state index contributed by atoms with van der Waals surface area (Å²) in [5.41, 5.74) is 2.22. The molecule has 0 radical (unpaired) electrons. The van der Waals surface area contributed by atoms with Crippen molar-refractivity contribution < 1.29 is 22.3 Å². The van der Waals surface area contributed by atoms with Crippen LogP contribution in [0.3, 0.4) is 0 Å². The summed E-state index contributed by atoms with van der Waals surface area (Å²) in [6.07, 6.45) is 2.11. The predicted octanol–water partition coefficient (Wildman–Crippen LogP) is 5.94. The van der Waals surface area contributed by atoms with Gasteiger partial charge in [0.2, 0.25) is 0 Å². The number of halogens is 1. The Morgan fingerprint density at radius 2 is 1.61 bits per heavy atom. The summed E-state index contributed by atoms with van der Waals surface area (Å²) < 4.78 is 54.4. The van der Waals surface area contributed by atoms with E-state index in [4.69, 9.17) is 9.47 Å². The number of ether oxygens (including phenoxy) is 2. The number of hydrogen-bond donors (Lipinski definition) is 1. The van der Waals surface area contributed by atoms with Gasteiger partial charge in [-0.05, 0) is 53.3 Å². The average Bonchev–Trinajstić information content (AvgIpc) is 2.89. The van der Waals surface area contributed by atoms with Crippen molar-refractivity contribution in [3.05, 3.63) is 102 Å². The maximum absolute atomic E-state index is 15.1. The molecule has 6 nitrogen and oxygen atoms in total. The minimum Gasteiger partial charge on any atom is -0.493 e. The Bertz CT molecular complexity index is 1700. The predicted molar refractivity (Wildman–Crippen MR) is 139 cm³/mol. The van der Waals surface area contributed by atoms with Gasteiger partial charge in [0.25, 0.3) is 10.0 Å². The lowest BCUT2D eigenvalue weighted by molar-refractivity contribution is 0.356. The summed E-state index contributed by atoms with van der Waals surface area (Å²) in [6.45, 7) is 0. The zero-order chi connectivity index (χ0) is 25.3. The van der Waals surface area contributed by atoms with Crippen LogP contribution in [-0.2, 0) is 16.4 Å². The van der Waals surface area contributed by atoms with Gasteiger partial charge < -0.3 is 9.47 Å². The van der Waals surface area contributed by atoms with Gasteiger partial charge >= 0.3 is 0 Å². The second kappa shape index (κ2) is 9.47.